The molecule has 0 atom stereocenters. The van der Waals surface area contributed by atoms with Gasteiger partial charge in [-0.25, -0.2) is 9.59 Å². The van der Waals surface area contributed by atoms with Crippen LogP contribution < -0.4 is 0 Å². The Morgan fingerprint density at radius 2 is 2.12 bits per heavy atom. The summed E-state index contributed by atoms with van der Waals surface area (Å²) >= 11 is 1.13. The van der Waals surface area contributed by atoms with Gasteiger partial charge in [-0.3, -0.25) is 14.7 Å². The first-order chi connectivity index (χ1) is 11.5. The van der Waals surface area contributed by atoms with Gasteiger partial charge in [0.05, 0.1) is 17.6 Å². The molecule has 0 aliphatic heterocycles. The van der Waals surface area contributed by atoms with Gasteiger partial charge in [-0.15, -0.1) is 11.8 Å². The van der Waals surface area contributed by atoms with Gasteiger partial charge in [-0.2, -0.15) is 5.10 Å². The number of carbonyl (C=O) groups excluding carboxylic acids is 3. The van der Waals surface area contributed by atoms with Crippen molar-refractivity contribution in [2.75, 3.05) is 26.1 Å². The first-order valence-corrected chi connectivity index (χ1v) is 7.84. The lowest BCUT2D eigenvalue weighted by molar-refractivity contribution is -0.142. The molecule has 24 heavy (non-hydrogen) atoms. The molecule has 0 amide bonds. The van der Waals surface area contributed by atoms with Crippen LogP contribution in [0.4, 0.5) is 0 Å². The highest BCUT2D eigenvalue weighted by molar-refractivity contribution is 8.04. The number of rotatable bonds is 8. The summed E-state index contributed by atoms with van der Waals surface area (Å²) in [4.78, 5) is 46.6. The summed E-state index contributed by atoms with van der Waals surface area (Å²) < 4.78 is 9.44. The van der Waals surface area contributed by atoms with E-state index >= 15 is 0 Å². The Morgan fingerprint density at radius 1 is 1.38 bits per heavy atom. The standard InChI is InChI=1S/C14H14N2O7S/c1-22-14(21)12-10-11(15-16-12)7(17)5-8(13(10)20)24-4-2-3-23-6-9(18)19/h5H,2-4,6H2,1H3,(H,15,16)(H,18,19). The minimum absolute atomic E-state index is 0.0843. The number of ether oxygens (including phenoxy) is 2. The zero-order valence-corrected chi connectivity index (χ0v) is 13.5. The van der Waals surface area contributed by atoms with Crippen LogP contribution in [0.2, 0.25) is 0 Å². The van der Waals surface area contributed by atoms with Crippen molar-refractivity contribution in [3.63, 3.8) is 0 Å². The molecule has 0 aromatic carbocycles. The topological polar surface area (TPSA) is 136 Å². The quantitative estimate of drug-likeness (QED) is 0.510. The van der Waals surface area contributed by atoms with Crippen LogP contribution in [0.25, 0.3) is 0 Å². The van der Waals surface area contributed by atoms with Crippen molar-refractivity contribution >= 4 is 35.3 Å². The van der Waals surface area contributed by atoms with Crippen LogP contribution >= 0.6 is 11.8 Å². The molecule has 9 nitrogen and oxygen atoms in total. The van der Waals surface area contributed by atoms with E-state index < -0.39 is 23.5 Å². The van der Waals surface area contributed by atoms with Gasteiger partial charge in [0.25, 0.3) is 0 Å². The number of fused-ring (bicyclic) bond motifs is 1. The Morgan fingerprint density at radius 3 is 2.79 bits per heavy atom. The summed E-state index contributed by atoms with van der Waals surface area (Å²) in [6.45, 7) is -0.162. The van der Waals surface area contributed by atoms with Crippen molar-refractivity contribution in [3.05, 3.63) is 27.9 Å². The lowest BCUT2D eigenvalue weighted by Crippen LogP contribution is -2.18. The predicted molar refractivity (Wildman–Crippen MR) is 82.2 cm³/mol. The second-order valence-electron chi connectivity index (χ2n) is 4.66. The van der Waals surface area contributed by atoms with E-state index in [0.717, 1.165) is 18.9 Å². The van der Waals surface area contributed by atoms with Gasteiger partial charge in [0.1, 0.15) is 12.3 Å². The first-order valence-electron chi connectivity index (χ1n) is 6.85. The van der Waals surface area contributed by atoms with E-state index in [0.29, 0.717) is 12.2 Å². The Bertz CT molecular complexity index is 723. The summed E-state index contributed by atoms with van der Waals surface area (Å²) in [5.41, 5.74) is -0.338. The van der Waals surface area contributed by atoms with E-state index in [2.05, 4.69) is 14.9 Å². The number of allylic oxidation sites excluding steroid dienone is 2. The lowest BCUT2D eigenvalue weighted by Gasteiger charge is -2.11. The molecule has 1 heterocycles. The molecule has 0 radical (unpaired) electrons. The van der Waals surface area contributed by atoms with Crippen molar-refractivity contribution < 1.29 is 33.8 Å². The maximum Gasteiger partial charge on any atom is 0.356 e. The molecular formula is C14H14N2O7S. The Labute approximate surface area is 140 Å². The number of thioether (sulfide) groups is 1. The summed E-state index contributed by atoms with van der Waals surface area (Å²) in [5, 5.41) is 14.5. The van der Waals surface area contributed by atoms with Gasteiger partial charge in [-0.1, -0.05) is 0 Å². The summed E-state index contributed by atoms with van der Waals surface area (Å²) in [7, 11) is 1.16. The third-order valence-electron chi connectivity index (χ3n) is 3.02. The van der Waals surface area contributed by atoms with Gasteiger partial charge in [-0.05, 0) is 6.42 Å². The monoisotopic (exact) mass is 354 g/mol. The minimum Gasteiger partial charge on any atom is -0.480 e. The average molecular weight is 354 g/mol. The highest BCUT2D eigenvalue weighted by Crippen LogP contribution is 2.29. The van der Waals surface area contributed by atoms with Crippen LogP contribution in [0.15, 0.2) is 11.0 Å². The number of carboxylic acids is 1. The molecule has 10 heteroatoms. The predicted octanol–water partition coefficient (Wildman–Crippen LogP) is 0.684. The van der Waals surface area contributed by atoms with E-state index in [1.54, 1.807) is 0 Å². The second kappa shape index (κ2) is 7.88. The number of esters is 1. The first kappa shape index (κ1) is 17.9. The zero-order valence-electron chi connectivity index (χ0n) is 12.7. The number of nitrogens with one attached hydrogen (secondary N) is 1. The number of hydrogen-bond acceptors (Lipinski definition) is 8. The molecule has 0 saturated carbocycles. The van der Waals surface area contributed by atoms with Crippen LogP contribution in [-0.2, 0) is 14.3 Å². The summed E-state index contributed by atoms with van der Waals surface area (Å²) in [6, 6.07) is 0. The van der Waals surface area contributed by atoms with Crippen LogP contribution in [0.1, 0.15) is 37.8 Å². The molecule has 2 N–H and O–H groups in total. The van der Waals surface area contributed by atoms with Gasteiger partial charge in [0.2, 0.25) is 11.6 Å². The van der Waals surface area contributed by atoms with E-state index in [1.807, 2.05) is 0 Å². The van der Waals surface area contributed by atoms with Crippen molar-refractivity contribution in [2.24, 2.45) is 0 Å². The van der Waals surface area contributed by atoms with Crippen LogP contribution in [0.3, 0.4) is 0 Å². The Balaban J connectivity index is 2.00. The third kappa shape index (κ3) is 3.89. The fourth-order valence-corrected chi connectivity index (χ4v) is 2.88. The number of carboxylic acid groups (broad SMARTS) is 1. The summed E-state index contributed by atoms with van der Waals surface area (Å²) in [5.74, 6) is -2.33. The van der Waals surface area contributed by atoms with Crippen LogP contribution in [-0.4, -0.2) is 64.9 Å². The maximum atomic E-state index is 12.5. The largest absolute Gasteiger partial charge is 0.480 e. The SMILES string of the molecule is COC(=O)c1[nH]nc2c1C(=O)C(SCCCOCC(=O)O)=CC2=O. The number of methoxy groups -OCH3 is 1. The van der Waals surface area contributed by atoms with E-state index in [-0.39, 0.29) is 35.1 Å². The maximum absolute atomic E-state index is 12.5. The van der Waals surface area contributed by atoms with Gasteiger partial charge >= 0.3 is 11.9 Å². The number of ketones is 2. The highest BCUT2D eigenvalue weighted by atomic mass is 32.2. The van der Waals surface area contributed by atoms with Crippen molar-refractivity contribution in [1.82, 2.24) is 10.2 Å². The van der Waals surface area contributed by atoms with Crippen molar-refractivity contribution in [1.29, 1.82) is 0 Å². The Kier molecular flexibility index (Phi) is 5.88. The fourth-order valence-electron chi connectivity index (χ4n) is 1.98. The minimum atomic E-state index is -1.05. The van der Waals surface area contributed by atoms with Crippen LogP contribution in [0.5, 0.6) is 0 Å². The molecule has 0 unspecified atom stereocenters. The van der Waals surface area contributed by atoms with Crippen molar-refractivity contribution in [2.45, 2.75) is 6.42 Å². The molecule has 1 aliphatic carbocycles. The number of aromatic amines is 1. The number of aliphatic carboxylic acids is 1. The molecule has 1 aromatic heterocycles. The number of carbonyl (C=O) groups is 4. The van der Waals surface area contributed by atoms with E-state index in [1.165, 1.54) is 6.08 Å². The number of hydrogen-bond donors (Lipinski definition) is 2. The normalized spacial score (nSPS) is 13.5. The number of nitrogens with zero attached hydrogens (tertiary/aromatic N) is 1. The molecule has 0 fully saturated rings. The summed E-state index contributed by atoms with van der Waals surface area (Å²) in [6.07, 6.45) is 1.67. The molecular weight excluding hydrogens is 340 g/mol. The third-order valence-corrected chi connectivity index (χ3v) is 4.13. The number of Topliss-reactive ketones (excluding diaryl/α,β-unsaturated/α-hetero) is 1. The molecule has 1 aromatic rings. The zero-order chi connectivity index (χ0) is 17.7. The highest BCUT2D eigenvalue weighted by Gasteiger charge is 2.34. The van der Waals surface area contributed by atoms with Gasteiger partial charge in [0.15, 0.2) is 5.69 Å². The number of H-pyrrole nitrogens is 1. The lowest BCUT2D eigenvalue weighted by atomic mass is 9.99. The molecule has 1 aliphatic rings. The Hall–Kier alpha value is -2.46. The molecule has 0 spiro atoms. The van der Waals surface area contributed by atoms with E-state index in [4.69, 9.17) is 9.84 Å². The molecule has 128 valence electrons. The fraction of sp³-hybridized carbons (Fsp3) is 0.357. The van der Waals surface area contributed by atoms with Gasteiger partial charge in [0, 0.05) is 18.4 Å². The molecule has 0 bridgehead atoms. The second-order valence-corrected chi connectivity index (χ2v) is 5.80. The number of aromatic nitrogens is 2. The molecule has 2 rings (SSSR count). The van der Waals surface area contributed by atoms with E-state index in [9.17, 15) is 19.2 Å². The van der Waals surface area contributed by atoms with Gasteiger partial charge < -0.3 is 14.6 Å². The van der Waals surface area contributed by atoms with Crippen LogP contribution in [0, 0.1) is 0 Å². The van der Waals surface area contributed by atoms with Crippen molar-refractivity contribution in [3.8, 4) is 0 Å². The average Bonchev–Trinajstić information content (AvgIpc) is 2.99. The smallest absolute Gasteiger partial charge is 0.356 e. The molecule has 0 saturated heterocycles.